The van der Waals surface area contributed by atoms with E-state index in [0.717, 1.165) is 31.6 Å². The highest BCUT2D eigenvalue weighted by Gasteiger charge is 2.10. The highest BCUT2D eigenvalue weighted by molar-refractivity contribution is 5.70. The van der Waals surface area contributed by atoms with Crippen LogP contribution >= 0.6 is 0 Å². The lowest BCUT2D eigenvalue weighted by molar-refractivity contribution is 0.190. The Balaban J connectivity index is 2.60. The van der Waals surface area contributed by atoms with Gasteiger partial charge in [-0.15, -0.1) is 0 Å². The van der Waals surface area contributed by atoms with Crippen LogP contribution in [0.5, 0.6) is 5.75 Å². The molecular weight excluding hydrogens is 308 g/mol. The second-order valence-corrected chi connectivity index (χ2v) is 5.69. The number of hydrogen-bond acceptors (Lipinski definition) is 5. The number of nitrogens with zero attached hydrogens (tertiary/aromatic N) is 1. The van der Waals surface area contributed by atoms with Crippen molar-refractivity contribution in [1.82, 2.24) is 5.32 Å². The van der Waals surface area contributed by atoms with Crippen molar-refractivity contribution in [3.8, 4) is 5.75 Å². The average molecular weight is 338 g/mol. The van der Waals surface area contributed by atoms with Gasteiger partial charge in [0.25, 0.3) is 0 Å². The molecule has 1 rings (SSSR count). The van der Waals surface area contributed by atoms with Crippen LogP contribution in [0.15, 0.2) is 24.3 Å². The van der Waals surface area contributed by atoms with Crippen molar-refractivity contribution < 1.29 is 19.0 Å². The molecule has 0 fully saturated rings. The maximum absolute atomic E-state index is 11.8. The molecule has 0 saturated carbocycles. The first-order valence-electron chi connectivity index (χ1n) is 8.42. The molecule has 0 aliphatic rings. The third-order valence-corrected chi connectivity index (χ3v) is 3.63. The molecule has 6 nitrogen and oxygen atoms in total. The van der Waals surface area contributed by atoms with Gasteiger partial charge in [-0.05, 0) is 37.6 Å². The molecule has 0 radical (unpaired) electrons. The Kier molecular flexibility index (Phi) is 9.88. The Morgan fingerprint density at radius 3 is 2.21 bits per heavy atom. The molecule has 0 saturated heterocycles. The van der Waals surface area contributed by atoms with Gasteiger partial charge in [-0.3, -0.25) is 0 Å². The molecule has 1 unspecified atom stereocenters. The first-order valence-corrected chi connectivity index (χ1v) is 8.42. The lowest BCUT2D eigenvalue weighted by Crippen LogP contribution is -2.34. The molecule has 0 aliphatic carbocycles. The van der Waals surface area contributed by atoms with Crippen molar-refractivity contribution >= 4 is 11.8 Å². The maximum atomic E-state index is 11.8. The van der Waals surface area contributed by atoms with E-state index in [1.807, 2.05) is 19.1 Å². The Morgan fingerprint density at radius 2 is 1.71 bits per heavy atom. The quantitative estimate of drug-likeness (QED) is 0.672. The van der Waals surface area contributed by atoms with Crippen LogP contribution < -0.4 is 15.0 Å². The summed E-state index contributed by atoms with van der Waals surface area (Å²) in [6, 6.07) is 7.57. The minimum absolute atomic E-state index is 0.111. The smallest absolute Gasteiger partial charge is 0.410 e. The number of carbonyl (C=O) groups excluding carboxylic acids is 1. The Labute approximate surface area is 145 Å². The summed E-state index contributed by atoms with van der Waals surface area (Å²) < 4.78 is 15.6. The fourth-order valence-electron chi connectivity index (χ4n) is 2.34. The van der Waals surface area contributed by atoms with E-state index in [1.54, 1.807) is 26.4 Å². The van der Waals surface area contributed by atoms with Crippen molar-refractivity contribution in [3.05, 3.63) is 24.3 Å². The van der Waals surface area contributed by atoms with Crippen molar-refractivity contribution in [2.75, 3.05) is 45.4 Å². The minimum Gasteiger partial charge on any atom is -0.410 e. The van der Waals surface area contributed by atoms with Crippen LogP contribution in [0.1, 0.15) is 26.7 Å². The van der Waals surface area contributed by atoms with Crippen LogP contribution in [0.25, 0.3) is 0 Å². The number of carbonyl (C=O) groups is 1. The van der Waals surface area contributed by atoms with Crippen molar-refractivity contribution in [2.45, 2.75) is 32.7 Å². The summed E-state index contributed by atoms with van der Waals surface area (Å²) in [6.45, 7) is 6.88. The predicted molar refractivity (Wildman–Crippen MR) is 95.9 cm³/mol. The van der Waals surface area contributed by atoms with Crippen molar-refractivity contribution in [3.63, 3.8) is 0 Å². The van der Waals surface area contributed by atoms with Gasteiger partial charge in [0.1, 0.15) is 5.75 Å². The van der Waals surface area contributed by atoms with E-state index in [-0.39, 0.29) is 6.04 Å². The van der Waals surface area contributed by atoms with Gasteiger partial charge >= 0.3 is 6.09 Å². The summed E-state index contributed by atoms with van der Waals surface area (Å²) in [5, 5.41) is 2.82. The lowest BCUT2D eigenvalue weighted by atomic mass is 10.2. The van der Waals surface area contributed by atoms with Gasteiger partial charge < -0.3 is 24.4 Å². The zero-order valence-electron chi connectivity index (χ0n) is 15.2. The van der Waals surface area contributed by atoms with Crippen LogP contribution in [-0.2, 0) is 9.47 Å². The van der Waals surface area contributed by atoms with E-state index in [1.165, 1.54) is 0 Å². The zero-order chi connectivity index (χ0) is 17.8. The van der Waals surface area contributed by atoms with Gasteiger partial charge in [-0.25, -0.2) is 4.79 Å². The first kappa shape index (κ1) is 20.3. The van der Waals surface area contributed by atoms with E-state index in [0.29, 0.717) is 19.0 Å². The third-order valence-electron chi connectivity index (χ3n) is 3.63. The maximum Gasteiger partial charge on any atom is 0.412 e. The summed E-state index contributed by atoms with van der Waals surface area (Å²) in [4.78, 5) is 14.0. The number of anilines is 1. The summed E-state index contributed by atoms with van der Waals surface area (Å²) in [5.41, 5.74) is 1.04. The number of ether oxygens (including phenoxy) is 3. The fourth-order valence-corrected chi connectivity index (χ4v) is 2.34. The largest absolute Gasteiger partial charge is 0.412 e. The topological polar surface area (TPSA) is 60.0 Å². The number of hydrogen-bond donors (Lipinski definition) is 1. The number of methoxy groups -OCH3 is 2. The molecule has 1 aromatic rings. The molecule has 0 aliphatic heterocycles. The predicted octanol–water partition coefficient (Wildman–Crippen LogP) is 3.06. The van der Waals surface area contributed by atoms with E-state index >= 15 is 0 Å². The molecule has 0 aromatic heterocycles. The van der Waals surface area contributed by atoms with Crippen molar-refractivity contribution in [2.24, 2.45) is 0 Å². The Hall–Kier alpha value is -1.79. The van der Waals surface area contributed by atoms with Crippen LogP contribution in [0.4, 0.5) is 10.5 Å². The van der Waals surface area contributed by atoms with Crippen LogP contribution in [-0.4, -0.2) is 52.7 Å². The van der Waals surface area contributed by atoms with Gasteiger partial charge in [0.2, 0.25) is 0 Å². The summed E-state index contributed by atoms with van der Waals surface area (Å²) in [5.74, 6) is 0.526. The lowest BCUT2D eigenvalue weighted by Gasteiger charge is -2.24. The highest BCUT2D eigenvalue weighted by Crippen LogP contribution is 2.19. The van der Waals surface area contributed by atoms with Gasteiger partial charge in [0.05, 0.1) is 13.2 Å². The van der Waals surface area contributed by atoms with Crippen LogP contribution in [0.3, 0.4) is 0 Å². The molecule has 136 valence electrons. The van der Waals surface area contributed by atoms with Crippen molar-refractivity contribution in [1.29, 1.82) is 0 Å². The van der Waals surface area contributed by atoms with Crippen LogP contribution in [0, 0.1) is 0 Å². The Morgan fingerprint density at radius 1 is 1.12 bits per heavy atom. The van der Waals surface area contributed by atoms with E-state index in [9.17, 15) is 4.79 Å². The molecule has 0 heterocycles. The second-order valence-electron chi connectivity index (χ2n) is 5.69. The second kappa shape index (κ2) is 11.7. The summed E-state index contributed by atoms with van der Waals surface area (Å²) >= 11 is 0. The van der Waals surface area contributed by atoms with E-state index in [4.69, 9.17) is 14.2 Å². The average Bonchev–Trinajstić information content (AvgIpc) is 2.56. The molecule has 24 heavy (non-hydrogen) atoms. The molecule has 6 heteroatoms. The van der Waals surface area contributed by atoms with Gasteiger partial charge in [0.15, 0.2) is 0 Å². The summed E-state index contributed by atoms with van der Waals surface area (Å²) in [7, 11) is 3.37. The Bertz CT molecular complexity index is 457. The third kappa shape index (κ3) is 7.66. The van der Waals surface area contributed by atoms with E-state index in [2.05, 4.69) is 17.1 Å². The van der Waals surface area contributed by atoms with E-state index < -0.39 is 6.09 Å². The summed E-state index contributed by atoms with van der Waals surface area (Å²) in [6.07, 6.45) is 1.54. The number of benzene rings is 1. The zero-order valence-corrected chi connectivity index (χ0v) is 15.2. The number of amides is 1. The van der Waals surface area contributed by atoms with Gasteiger partial charge in [-0.2, -0.15) is 0 Å². The first-order chi connectivity index (χ1) is 11.6. The molecule has 0 spiro atoms. The number of rotatable bonds is 11. The normalized spacial score (nSPS) is 11.8. The monoisotopic (exact) mass is 338 g/mol. The molecule has 1 amide bonds. The molecule has 0 bridgehead atoms. The minimum atomic E-state index is -0.417. The fraction of sp³-hybridized carbons (Fsp3) is 0.611. The van der Waals surface area contributed by atoms with Gasteiger partial charge in [0, 0.05) is 39.0 Å². The SMILES string of the molecule is CCCC(C)NC(=O)Oc1ccc(N(CCOC)CCOC)cc1. The highest BCUT2D eigenvalue weighted by atomic mass is 16.6. The van der Waals surface area contributed by atoms with Gasteiger partial charge in [-0.1, -0.05) is 13.3 Å². The number of nitrogens with one attached hydrogen (secondary N) is 1. The molecule has 1 N–H and O–H groups in total. The van der Waals surface area contributed by atoms with Crippen LogP contribution in [0.2, 0.25) is 0 Å². The molecule has 1 atom stereocenters. The standard InChI is InChI=1S/C18H30N2O4/c1-5-6-15(2)19-18(21)24-17-9-7-16(8-10-17)20(11-13-22-3)12-14-23-4/h7-10,15H,5-6,11-14H2,1-4H3,(H,19,21). The molecule has 1 aromatic carbocycles. The molecular formula is C18H30N2O4.